The van der Waals surface area contributed by atoms with Crippen molar-refractivity contribution in [1.29, 1.82) is 0 Å². The van der Waals surface area contributed by atoms with Gasteiger partial charge in [0.2, 0.25) is 5.91 Å². The number of esters is 1. The van der Waals surface area contributed by atoms with Crippen LogP contribution in [0.15, 0.2) is 35.9 Å². The van der Waals surface area contributed by atoms with E-state index in [0.717, 1.165) is 45.2 Å². The summed E-state index contributed by atoms with van der Waals surface area (Å²) in [7, 11) is 7.20. The van der Waals surface area contributed by atoms with Crippen molar-refractivity contribution < 1.29 is 23.8 Å². The van der Waals surface area contributed by atoms with Gasteiger partial charge in [-0.1, -0.05) is 49.8 Å². The minimum atomic E-state index is -0.695. The lowest BCUT2D eigenvalue weighted by molar-refractivity contribution is -0.176. The van der Waals surface area contributed by atoms with Crippen molar-refractivity contribution in [2.24, 2.45) is 23.2 Å². The molecule has 0 spiro atoms. The first-order valence-corrected chi connectivity index (χ1v) is 14.9. The van der Waals surface area contributed by atoms with E-state index in [9.17, 15) is 9.59 Å². The third kappa shape index (κ3) is 7.34. The number of fused-ring (bicyclic) bond motifs is 2. The summed E-state index contributed by atoms with van der Waals surface area (Å²) in [5, 5.41) is 0. The van der Waals surface area contributed by atoms with Crippen LogP contribution < -0.4 is 0 Å². The highest BCUT2D eigenvalue weighted by Crippen LogP contribution is 2.56. The van der Waals surface area contributed by atoms with E-state index in [4.69, 9.17) is 14.2 Å². The minimum absolute atomic E-state index is 0.0345. The van der Waals surface area contributed by atoms with Crippen LogP contribution in [0.4, 0.5) is 0 Å². The Morgan fingerprint density at radius 1 is 1.02 bits per heavy atom. The highest BCUT2D eigenvalue weighted by atomic mass is 16.6. The van der Waals surface area contributed by atoms with Gasteiger partial charge in [0, 0.05) is 46.7 Å². The van der Waals surface area contributed by atoms with E-state index in [1.54, 1.807) is 19.1 Å². The minimum Gasteiger partial charge on any atom is -0.458 e. The molecule has 3 aliphatic carbocycles. The number of hydrogen-bond acceptors (Lipinski definition) is 6. The molecule has 3 aliphatic rings. The zero-order valence-corrected chi connectivity index (χ0v) is 26.1. The van der Waals surface area contributed by atoms with Gasteiger partial charge in [-0.3, -0.25) is 9.59 Å². The van der Waals surface area contributed by atoms with E-state index >= 15 is 0 Å². The van der Waals surface area contributed by atoms with E-state index < -0.39 is 11.0 Å². The fourth-order valence-corrected chi connectivity index (χ4v) is 6.80. The lowest BCUT2D eigenvalue weighted by atomic mass is 9.57. The molecule has 1 saturated carbocycles. The molecular weight excluding hydrogens is 504 g/mol. The molecule has 4 rings (SSSR count). The number of rotatable bonds is 15. The molecule has 0 aromatic heterocycles. The summed E-state index contributed by atoms with van der Waals surface area (Å²) >= 11 is 0. The lowest BCUT2D eigenvalue weighted by Crippen LogP contribution is -2.53. The smallest absolute Gasteiger partial charge is 0.308 e. The van der Waals surface area contributed by atoms with Crippen molar-refractivity contribution in [3.8, 4) is 0 Å². The first kappa shape index (κ1) is 32.3. The Morgan fingerprint density at radius 3 is 2.27 bits per heavy atom. The molecule has 0 aliphatic heterocycles. The van der Waals surface area contributed by atoms with Gasteiger partial charge in [-0.25, -0.2) is 0 Å². The summed E-state index contributed by atoms with van der Waals surface area (Å²) in [5.74, 6) is 0.427. The number of benzene rings is 1. The number of allylic oxidation sites excluding steroid dienone is 1. The largest absolute Gasteiger partial charge is 0.458 e. The van der Waals surface area contributed by atoms with Gasteiger partial charge in [0.15, 0.2) is 0 Å². The number of amides is 1. The molecule has 3 unspecified atom stereocenters. The average molecular weight is 557 g/mol. The van der Waals surface area contributed by atoms with Crippen LogP contribution >= 0.6 is 0 Å². The van der Waals surface area contributed by atoms with Gasteiger partial charge in [0.05, 0.1) is 24.5 Å². The van der Waals surface area contributed by atoms with E-state index in [-0.39, 0.29) is 23.7 Å². The molecular formula is C33H52N2O5. The second-order valence-electron chi connectivity index (χ2n) is 12.7. The monoisotopic (exact) mass is 556 g/mol. The molecule has 0 radical (unpaired) electrons. The summed E-state index contributed by atoms with van der Waals surface area (Å²) in [6, 6.07) is 10.7. The van der Waals surface area contributed by atoms with Crippen LogP contribution in [0.3, 0.4) is 0 Å². The lowest BCUT2D eigenvalue weighted by Gasteiger charge is -2.53. The predicted molar refractivity (Wildman–Crippen MR) is 160 cm³/mol. The standard InChI is InChI=1S/C33H52N2O5/c1-24(2)30(36)40-33(21-27-15-16-28(33)29(25(27)3)26-13-10-9-11-14-26)17-20-34(5)18-12-19-35(6)31(37)32(4,22-38-7)23-39-8/h9-11,13-14,24,27-28H,12,15-23H2,1-8H3. The molecule has 40 heavy (non-hydrogen) atoms. The number of carbonyl (C=O) groups is 2. The molecule has 1 aromatic carbocycles. The maximum absolute atomic E-state index is 13.1. The quantitative estimate of drug-likeness (QED) is 0.273. The number of methoxy groups -OCH3 is 2. The zero-order chi connectivity index (χ0) is 29.5. The molecule has 0 heterocycles. The highest BCUT2D eigenvalue weighted by Gasteiger charge is 2.53. The second kappa shape index (κ2) is 14.1. The van der Waals surface area contributed by atoms with E-state index in [1.165, 1.54) is 16.7 Å². The van der Waals surface area contributed by atoms with Gasteiger partial charge in [-0.15, -0.1) is 0 Å². The molecule has 7 nitrogen and oxygen atoms in total. The topological polar surface area (TPSA) is 68.3 Å². The van der Waals surface area contributed by atoms with Gasteiger partial charge in [-0.05, 0) is 70.2 Å². The van der Waals surface area contributed by atoms with Crippen LogP contribution in [0.1, 0.15) is 65.4 Å². The van der Waals surface area contributed by atoms with Crippen LogP contribution in [0.25, 0.3) is 5.57 Å². The summed E-state index contributed by atoms with van der Waals surface area (Å²) in [4.78, 5) is 30.2. The molecule has 7 heteroatoms. The molecule has 224 valence electrons. The van der Waals surface area contributed by atoms with Crippen molar-refractivity contribution >= 4 is 17.4 Å². The normalized spacial score (nSPS) is 22.8. The van der Waals surface area contributed by atoms with Crippen LogP contribution in [0.5, 0.6) is 0 Å². The van der Waals surface area contributed by atoms with Gasteiger partial charge >= 0.3 is 5.97 Å². The fraction of sp³-hybridized carbons (Fsp3) is 0.697. The van der Waals surface area contributed by atoms with Gasteiger partial charge in [0.1, 0.15) is 5.60 Å². The van der Waals surface area contributed by atoms with Crippen molar-refractivity contribution in [1.82, 2.24) is 9.80 Å². The summed E-state index contributed by atoms with van der Waals surface area (Å²) in [6.07, 6.45) is 4.78. The predicted octanol–water partition coefficient (Wildman–Crippen LogP) is 5.30. The van der Waals surface area contributed by atoms with Gasteiger partial charge < -0.3 is 24.0 Å². The maximum Gasteiger partial charge on any atom is 0.308 e. The SMILES string of the molecule is COCC(C)(COC)C(=O)N(C)CCCN(C)CCC1(OC(=O)C(C)C)CC2CCC1C(c1ccccc1)=C2C. The Kier molecular flexibility index (Phi) is 11.4. The highest BCUT2D eigenvalue weighted by molar-refractivity contribution is 5.82. The molecule has 1 amide bonds. The number of ether oxygens (including phenoxy) is 3. The van der Waals surface area contributed by atoms with Gasteiger partial charge in [0.25, 0.3) is 0 Å². The Bertz CT molecular complexity index is 1020. The molecule has 2 bridgehead atoms. The van der Waals surface area contributed by atoms with E-state index in [0.29, 0.717) is 25.7 Å². The third-order valence-corrected chi connectivity index (χ3v) is 9.02. The molecule has 3 atom stereocenters. The average Bonchev–Trinajstić information content (AvgIpc) is 2.93. The molecule has 1 aromatic rings. The third-order valence-electron chi connectivity index (χ3n) is 9.02. The van der Waals surface area contributed by atoms with Crippen LogP contribution in [-0.2, 0) is 23.8 Å². The van der Waals surface area contributed by atoms with Crippen LogP contribution in [0.2, 0.25) is 0 Å². The zero-order valence-electron chi connectivity index (χ0n) is 26.1. The van der Waals surface area contributed by atoms with Gasteiger partial charge in [-0.2, -0.15) is 0 Å². The Labute approximate surface area is 242 Å². The van der Waals surface area contributed by atoms with Crippen LogP contribution in [-0.4, -0.2) is 88.4 Å². The first-order chi connectivity index (χ1) is 19.0. The van der Waals surface area contributed by atoms with Crippen molar-refractivity contribution in [3.05, 3.63) is 41.5 Å². The van der Waals surface area contributed by atoms with Crippen molar-refractivity contribution in [2.45, 2.75) is 65.4 Å². The second-order valence-corrected chi connectivity index (χ2v) is 12.7. The first-order valence-electron chi connectivity index (χ1n) is 14.9. The fourth-order valence-electron chi connectivity index (χ4n) is 6.80. The molecule has 0 saturated heterocycles. The van der Waals surface area contributed by atoms with E-state index in [2.05, 4.69) is 49.2 Å². The summed E-state index contributed by atoms with van der Waals surface area (Å²) in [6.45, 7) is 11.0. The summed E-state index contributed by atoms with van der Waals surface area (Å²) < 4.78 is 17.1. The van der Waals surface area contributed by atoms with E-state index in [1.807, 2.05) is 27.8 Å². The van der Waals surface area contributed by atoms with Crippen molar-refractivity contribution in [3.63, 3.8) is 0 Å². The number of nitrogens with zero attached hydrogens (tertiary/aromatic N) is 2. The Balaban J connectivity index is 1.68. The molecule has 0 N–H and O–H groups in total. The summed E-state index contributed by atoms with van der Waals surface area (Å²) in [5.41, 5.74) is 2.93. The Hall–Kier alpha value is -2.22. The van der Waals surface area contributed by atoms with Crippen molar-refractivity contribution in [2.75, 3.05) is 61.2 Å². The van der Waals surface area contributed by atoms with Crippen LogP contribution in [0, 0.1) is 23.2 Å². The number of carbonyl (C=O) groups excluding carboxylic acids is 2. The Morgan fingerprint density at radius 2 is 1.68 bits per heavy atom. The maximum atomic E-state index is 13.1. The number of hydrogen-bond donors (Lipinski definition) is 0. The molecule has 1 fully saturated rings.